The first kappa shape index (κ1) is 9.13. The van der Waals surface area contributed by atoms with Crippen molar-refractivity contribution in [1.29, 1.82) is 0 Å². The zero-order chi connectivity index (χ0) is 9.14. The van der Waals surface area contributed by atoms with Crippen LogP contribution in [0.5, 0.6) is 0 Å². The molecule has 3 heteroatoms. The third kappa shape index (κ3) is 2.01. The summed E-state index contributed by atoms with van der Waals surface area (Å²) in [6, 6.07) is 2.12. The fourth-order valence-corrected chi connectivity index (χ4v) is 0.994. The monoisotopic (exact) mass is 165 g/mol. The molecule has 0 fully saturated rings. The van der Waals surface area contributed by atoms with Gasteiger partial charge in [0.05, 0.1) is 0 Å². The topological polar surface area (TPSA) is 51.8 Å². The lowest BCUT2D eigenvalue weighted by molar-refractivity contribution is 0.596. The Bertz CT molecular complexity index is 258. The molecule has 0 saturated heterocycles. The molecular formula is C9H15N3. The van der Waals surface area contributed by atoms with Crippen molar-refractivity contribution in [1.82, 2.24) is 9.97 Å². The molecule has 3 nitrogen and oxygen atoms in total. The lowest BCUT2D eigenvalue weighted by Crippen LogP contribution is -2.23. The van der Waals surface area contributed by atoms with Gasteiger partial charge in [-0.1, -0.05) is 6.92 Å². The SMILES string of the molecule is Cc1cc(C(C)C(C)N)ncn1. The lowest BCUT2D eigenvalue weighted by atomic mass is 10.00. The summed E-state index contributed by atoms with van der Waals surface area (Å²) in [6.45, 7) is 6.02. The van der Waals surface area contributed by atoms with Crippen LogP contribution < -0.4 is 5.73 Å². The van der Waals surface area contributed by atoms with Gasteiger partial charge in [0.15, 0.2) is 0 Å². The van der Waals surface area contributed by atoms with Crippen molar-refractivity contribution in [3.8, 4) is 0 Å². The molecule has 0 amide bonds. The molecule has 1 heterocycles. The van der Waals surface area contributed by atoms with E-state index in [1.807, 2.05) is 19.9 Å². The van der Waals surface area contributed by atoms with Gasteiger partial charge in [-0.05, 0) is 19.9 Å². The fourth-order valence-electron chi connectivity index (χ4n) is 0.994. The second-order valence-electron chi connectivity index (χ2n) is 3.23. The van der Waals surface area contributed by atoms with Gasteiger partial charge in [-0.15, -0.1) is 0 Å². The standard InChI is InChI=1S/C9H15N3/c1-6-4-9(12-5-11-6)7(2)8(3)10/h4-5,7-8H,10H2,1-3H3. The summed E-state index contributed by atoms with van der Waals surface area (Å²) >= 11 is 0. The van der Waals surface area contributed by atoms with E-state index in [1.54, 1.807) is 6.33 Å². The predicted octanol–water partition coefficient (Wildman–Crippen LogP) is 1.24. The molecule has 0 aliphatic heterocycles. The van der Waals surface area contributed by atoms with Crippen LogP contribution in [0.4, 0.5) is 0 Å². The first-order valence-electron chi connectivity index (χ1n) is 4.15. The van der Waals surface area contributed by atoms with E-state index in [0.29, 0.717) is 5.92 Å². The van der Waals surface area contributed by atoms with Crippen LogP contribution >= 0.6 is 0 Å². The normalized spacial score (nSPS) is 15.7. The Morgan fingerprint density at radius 1 is 1.33 bits per heavy atom. The average Bonchev–Trinajstić information content (AvgIpc) is 2.03. The minimum absolute atomic E-state index is 0.138. The number of aromatic nitrogens is 2. The van der Waals surface area contributed by atoms with E-state index < -0.39 is 0 Å². The highest BCUT2D eigenvalue weighted by molar-refractivity contribution is 5.12. The summed E-state index contributed by atoms with van der Waals surface area (Å²) in [5.74, 6) is 0.298. The number of rotatable bonds is 2. The molecule has 0 aliphatic carbocycles. The quantitative estimate of drug-likeness (QED) is 0.717. The highest BCUT2D eigenvalue weighted by Gasteiger charge is 2.11. The minimum atomic E-state index is 0.138. The first-order valence-corrected chi connectivity index (χ1v) is 4.15. The maximum Gasteiger partial charge on any atom is 0.115 e. The van der Waals surface area contributed by atoms with Gasteiger partial charge >= 0.3 is 0 Å². The van der Waals surface area contributed by atoms with Crippen molar-refractivity contribution in [2.45, 2.75) is 32.7 Å². The van der Waals surface area contributed by atoms with Gasteiger partial charge in [-0.2, -0.15) is 0 Å². The van der Waals surface area contributed by atoms with E-state index in [2.05, 4.69) is 16.9 Å². The van der Waals surface area contributed by atoms with Crippen LogP contribution in [0.1, 0.15) is 31.2 Å². The maximum absolute atomic E-state index is 5.76. The zero-order valence-corrected chi connectivity index (χ0v) is 7.78. The second-order valence-corrected chi connectivity index (χ2v) is 3.23. The zero-order valence-electron chi connectivity index (χ0n) is 7.78. The number of hydrogen-bond donors (Lipinski definition) is 1. The molecule has 2 atom stereocenters. The van der Waals surface area contributed by atoms with Gasteiger partial charge in [-0.3, -0.25) is 0 Å². The van der Waals surface area contributed by atoms with E-state index in [1.165, 1.54) is 0 Å². The van der Waals surface area contributed by atoms with Gasteiger partial charge in [0, 0.05) is 23.3 Å². The van der Waals surface area contributed by atoms with Crippen molar-refractivity contribution >= 4 is 0 Å². The summed E-state index contributed by atoms with van der Waals surface area (Å²) in [4.78, 5) is 8.20. The second kappa shape index (κ2) is 3.63. The predicted molar refractivity (Wildman–Crippen MR) is 48.8 cm³/mol. The molecule has 66 valence electrons. The van der Waals surface area contributed by atoms with Crippen LogP contribution in [0.3, 0.4) is 0 Å². The molecule has 1 aromatic heterocycles. The first-order chi connectivity index (χ1) is 5.61. The molecule has 2 N–H and O–H groups in total. The Hall–Kier alpha value is -0.960. The maximum atomic E-state index is 5.76. The molecule has 0 bridgehead atoms. The lowest BCUT2D eigenvalue weighted by Gasteiger charge is -2.14. The van der Waals surface area contributed by atoms with Crippen LogP contribution in [-0.4, -0.2) is 16.0 Å². The van der Waals surface area contributed by atoms with Gasteiger partial charge in [0.2, 0.25) is 0 Å². The molecule has 1 aromatic rings. The fraction of sp³-hybridized carbons (Fsp3) is 0.556. The Kier molecular flexibility index (Phi) is 2.76. The van der Waals surface area contributed by atoms with E-state index in [0.717, 1.165) is 11.4 Å². The van der Waals surface area contributed by atoms with E-state index in [9.17, 15) is 0 Å². The summed E-state index contributed by atoms with van der Waals surface area (Å²) < 4.78 is 0. The van der Waals surface area contributed by atoms with Crippen LogP contribution in [0.25, 0.3) is 0 Å². The molecular weight excluding hydrogens is 150 g/mol. The molecule has 2 unspecified atom stereocenters. The van der Waals surface area contributed by atoms with Crippen LogP contribution in [-0.2, 0) is 0 Å². The Morgan fingerprint density at radius 3 is 2.50 bits per heavy atom. The van der Waals surface area contributed by atoms with Gasteiger partial charge < -0.3 is 5.73 Å². The molecule has 0 aliphatic rings. The molecule has 0 spiro atoms. The van der Waals surface area contributed by atoms with Crippen molar-refractivity contribution in [3.63, 3.8) is 0 Å². The molecule has 12 heavy (non-hydrogen) atoms. The van der Waals surface area contributed by atoms with Gasteiger partial charge in [-0.25, -0.2) is 9.97 Å². The van der Waals surface area contributed by atoms with E-state index >= 15 is 0 Å². The molecule has 0 radical (unpaired) electrons. The summed E-state index contributed by atoms with van der Waals surface area (Å²) in [5, 5.41) is 0. The van der Waals surface area contributed by atoms with Crippen LogP contribution in [0.15, 0.2) is 12.4 Å². The molecule has 1 rings (SSSR count). The Balaban J connectivity index is 2.88. The molecule has 0 aromatic carbocycles. The summed E-state index contributed by atoms with van der Waals surface area (Å²) in [7, 11) is 0. The minimum Gasteiger partial charge on any atom is -0.327 e. The largest absolute Gasteiger partial charge is 0.327 e. The smallest absolute Gasteiger partial charge is 0.115 e. The Morgan fingerprint density at radius 2 is 2.00 bits per heavy atom. The van der Waals surface area contributed by atoms with Crippen molar-refractivity contribution < 1.29 is 0 Å². The van der Waals surface area contributed by atoms with Crippen LogP contribution in [0.2, 0.25) is 0 Å². The van der Waals surface area contributed by atoms with Gasteiger partial charge in [0.1, 0.15) is 6.33 Å². The highest BCUT2D eigenvalue weighted by Crippen LogP contribution is 2.14. The van der Waals surface area contributed by atoms with Crippen LogP contribution in [0, 0.1) is 6.92 Å². The number of aryl methyl sites for hydroxylation is 1. The van der Waals surface area contributed by atoms with E-state index in [-0.39, 0.29) is 6.04 Å². The molecule has 0 saturated carbocycles. The summed E-state index contributed by atoms with van der Waals surface area (Å²) in [6.07, 6.45) is 1.59. The third-order valence-electron chi connectivity index (χ3n) is 2.08. The number of nitrogens with two attached hydrogens (primary N) is 1. The summed E-state index contributed by atoms with van der Waals surface area (Å²) in [5.41, 5.74) is 7.78. The Labute approximate surface area is 73.0 Å². The highest BCUT2D eigenvalue weighted by atomic mass is 14.8. The number of nitrogens with zero attached hydrogens (tertiary/aromatic N) is 2. The van der Waals surface area contributed by atoms with Crippen molar-refractivity contribution in [3.05, 3.63) is 23.8 Å². The van der Waals surface area contributed by atoms with Crippen molar-refractivity contribution in [2.75, 3.05) is 0 Å². The third-order valence-corrected chi connectivity index (χ3v) is 2.08. The van der Waals surface area contributed by atoms with Crippen molar-refractivity contribution in [2.24, 2.45) is 5.73 Å². The number of hydrogen-bond acceptors (Lipinski definition) is 3. The van der Waals surface area contributed by atoms with E-state index in [4.69, 9.17) is 5.73 Å². The van der Waals surface area contributed by atoms with Gasteiger partial charge in [0.25, 0.3) is 0 Å². The average molecular weight is 165 g/mol.